The predicted octanol–water partition coefficient (Wildman–Crippen LogP) is 4.50. The summed E-state index contributed by atoms with van der Waals surface area (Å²) in [5.74, 6) is -0.252. The first-order valence-corrected chi connectivity index (χ1v) is 8.89. The second-order valence-corrected chi connectivity index (χ2v) is 6.94. The Bertz CT molecular complexity index is 1200. The van der Waals surface area contributed by atoms with Crippen molar-refractivity contribution < 1.29 is 14.7 Å². The zero-order chi connectivity index (χ0) is 19.0. The van der Waals surface area contributed by atoms with Gasteiger partial charge < -0.3 is 10.4 Å². The first-order chi connectivity index (χ1) is 13.0. The molecule has 0 radical (unpaired) electrons. The Morgan fingerprint density at radius 1 is 1.07 bits per heavy atom. The summed E-state index contributed by atoms with van der Waals surface area (Å²) in [4.78, 5) is 32.0. The third-order valence-corrected chi connectivity index (χ3v) is 5.03. The Morgan fingerprint density at radius 2 is 1.89 bits per heavy atom. The lowest BCUT2D eigenvalue weighted by molar-refractivity contribution is 0.102. The number of hydrogen-bond donors (Lipinski definition) is 3. The number of rotatable bonds is 3. The number of nitrogens with one attached hydrogen (secondary N) is 2. The van der Waals surface area contributed by atoms with Gasteiger partial charge in [0, 0.05) is 17.1 Å². The zero-order valence-corrected chi connectivity index (χ0v) is 15.0. The molecule has 0 aliphatic rings. The van der Waals surface area contributed by atoms with E-state index in [1.807, 2.05) is 31.2 Å². The molecule has 8 heteroatoms. The van der Waals surface area contributed by atoms with Gasteiger partial charge in [-0.3, -0.25) is 15.1 Å². The van der Waals surface area contributed by atoms with E-state index in [-0.39, 0.29) is 11.0 Å². The van der Waals surface area contributed by atoms with E-state index in [1.165, 1.54) is 11.3 Å². The summed E-state index contributed by atoms with van der Waals surface area (Å²) in [6, 6.07) is 12.7. The van der Waals surface area contributed by atoms with Crippen molar-refractivity contribution in [1.29, 1.82) is 0 Å². The van der Waals surface area contributed by atoms with Crippen LogP contribution < -0.4 is 10.6 Å². The number of nitrogens with zero attached hydrogens (tertiary/aromatic N) is 2. The molecule has 2 heterocycles. The van der Waals surface area contributed by atoms with Crippen LogP contribution >= 0.6 is 11.3 Å². The van der Waals surface area contributed by atoms with Gasteiger partial charge in [0.1, 0.15) is 0 Å². The fraction of sp³-hybridized carbons (Fsp3) is 0.0526. The lowest BCUT2D eigenvalue weighted by Gasteiger charge is -2.11. The standard InChI is InChI=1S/C19H14N4O3S/c1-10-4-6-13-12(3-2-8-20-13)16(10)22-17(24)11-5-7-14-15(9-11)27-18(21-14)23-19(25)26/h2-9H,1H3,(H,21,23)(H,22,24)(H,25,26). The molecule has 2 aromatic carbocycles. The number of carbonyl (C=O) groups excluding carboxylic acids is 1. The fourth-order valence-electron chi connectivity index (χ4n) is 2.82. The van der Waals surface area contributed by atoms with Crippen molar-refractivity contribution in [3.63, 3.8) is 0 Å². The zero-order valence-electron chi connectivity index (χ0n) is 14.2. The Kier molecular flexibility index (Phi) is 4.17. The fourth-order valence-corrected chi connectivity index (χ4v) is 3.72. The summed E-state index contributed by atoms with van der Waals surface area (Å²) in [6.45, 7) is 1.93. The van der Waals surface area contributed by atoms with Crippen LogP contribution in [0.15, 0.2) is 48.7 Å². The summed E-state index contributed by atoms with van der Waals surface area (Å²) in [7, 11) is 0. The largest absolute Gasteiger partial charge is 0.465 e. The Hall–Kier alpha value is -3.52. The van der Waals surface area contributed by atoms with Gasteiger partial charge in [0.05, 0.1) is 21.4 Å². The number of amides is 2. The van der Waals surface area contributed by atoms with E-state index in [0.29, 0.717) is 11.1 Å². The molecule has 0 spiro atoms. The van der Waals surface area contributed by atoms with Crippen LogP contribution in [0.2, 0.25) is 0 Å². The quantitative estimate of drug-likeness (QED) is 0.487. The number of benzene rings is 2. The van der Waals surface area contributed by atoms with Crippen LogP contribution in [-0.4, -0.2) is 27.1 Å². The Balaban J connectivity index is 1.67. The highest BCUT2D eigenvalue weighted by molar-refractivity contribution is 7.22. The maximum atomic E-state index is 12.8. The minimum absolute atomic E-state index is 0.252. The molecule has 3 N–H and O–H groups in total. The van der Waals surface area contributed by atoms with Crippen LogP contribution in [0.25, 0.3) is 21.1 Å². The van der Waals surface area contributed by atoms with Crippen molar-refractivity contribution in [3.05, 3.63) is 59.8 Å². The van der Waals surface area contributed by atoms with Crippen molar-refractivity contribution in [2.75, 3.05) is 10.6 Å². The van der Waals surface area contributed by atoms with E-state index in [2.05, 4.69) is 20.6 Å². The maximum Gasteiger partial charge on any atom is 0.410 e. The number of pyridine rings is 1. The highest BCUT2D eigenvalue weighted by atomic mass is 32.1. The van der Waals surface area contributed by atoms with Crippen LogP contribution in [0.3, 0.4) is 0 Å². The van der Waals surface area contributed by atoms with Crippen LogP contribution in [0.1, 0.15) is 15.9 Å². The van der Waals surface area contributed by atoms with Crippen molar-refractivity contribution in [3.8, 4) is 0 Å². The number of fused-ring (bicyclic) bond motifs is 2. The predicted molar refractivity (Wildman–Crippen MR) is 106 cm³/mol. The molecule has 4 aromatic rings. The van der Waals surface area contributed by atoms with Gasteiger partial charge in [0.25, 0.3) is 5.91 Å². The highest BCUT2D eigenvalue weighted by Crippen LogP contribution is 2.29. The first kappa shape index (κ1) is 16.9. The summed E-state index contributed by atoms with van der Waals surface area (Å²) in [5, 5.41) is 15.1. The number of thiazole rings is 1. The highest BCUT2D eigenvalue weighted by Gasteiger charge is 2.13. The summed E-state index contributed by atoms with van der Waals surface area (Å²) in [6.07, 6.45) is 0.538. The summed E-state index contributed by atoms with van der Waals surface area (Å²) >= 11 is 1.18. The molecule has 0 saturated heterocycles. The molecule has 0 saturated carbocycles. The van der Waals surface area contributed by atoms with Gasteiger partial charge in [-0.2, -0.15) is 0 Å². The number of aromatic nitrogens is 2. The van der Waals surface area contributed by atoms with Crippen LogP contribution in [0.5, 0.6) is 0 Å². The van der Waals surface area contributed by atoms with Gasteiger partial charge in [0.15, 0.2) is 5.13 Å². The van der Waals surface area contributed by atoms with Crippen molar-refractivity contribution in [2.24, 2.45) is 0 Å². The second kappa shape index (κ2) is 6.65. The smallest absolute Gasteiger partial charge is 0.410 e. The number of anilines is 2. The maximum absolute atomic E-state index is 12.8. The van der Waals surface area contributed by atoms with Gasteiger partial charge in [-0.05, 0) is 48.9 Å². The van der Waals surface area contributed by atoms with Crippen LogP contribution in [-0.2, 0) is 0 Å². The molecule has 4 rings (SSSR count). The molecular formula is C19H14N4O3S. The third-order valence-electron chi connectivity index (χ3n) is 4.10. The Labute approximate surface area is 157 Å². The monoisotopic (exact) mass is 378 g/mol. The lowest BCUT2D eigenvalue weighted by Crippen LogP contribution is -2.13. The number of aryl methyl sites for hydroxylation is 1. The molecular weight excluding hydrogens is 364 g/mol. The minimum Gasteiger partial charge on any atom is -0.465 e. The molecule has 0 fully saturated rings. The van der Waals surface area contributed by atoms with E-state index in [1.54, 1.807) is 24.4 Å². The van der Waals surface area contributed by atoms with E-state index >= 15 is 0 Å². The summed E-state index contributed by atoms with van der Waals surface area (Å²) in [5.41, 5.74) is 3.57. The van der Waals surface area contributed by atoms with E-state index in [9.17, 15) is 9.59 Å². The van der Waals surface area contributed by atoms with Crippen LogP contribution in [0, 0.1) is 6.92 Å². The van der Waals surface area contributed by atoms with Gasteiger partial charge in [-0.15, -0.1) is 0 Å². The molecule has 134 valence electrons. The van der Waals surface area contributed by atoms with E-state index in [4.69, 9.17) is 5.11 Å². The minimum atomic E-state index is -1.17. The van der Waals surface area contributed by atoms with Crippen molar-refractivity contribution >= 4 is 55.3 Å². The van der Waals surface area contributed by atoms with E-state index < -0.39 is 6.09 Å². The van der Waals surface area contributed by atoms with Crippen molar-refractivity contribution in [2.45, 2.75) is 6.92 Å². The molecule has 0 atom stereocenters. The molecule has 0 bridgehead atoms. The SMILES string of the molecule is Cc1ccc2ncccc2c1NC(=O)c1ccc2nc(NC(=O)O)sc2c1. The second-order valence-electron chi connectivity index (χ2n) is 5.91. The Morgan fingerprint density at radius 3 is 2.70 bits per heavy atom. The molecule has 0 aliphatic heterocycles. The molecule has 0 aliphatic carbocycles. The van der Waals surface area contributed by atoms with Gasteiger partial charge in [-0.1, -0.05) is 17.4 Å². The number of carboxylic acid groups (broad SMARTS) is 1. The molecule has 0 unspecified atom stereocenters. The number of carbonyl (C=O) groups is 2. The molecule has 2 amide bonds. The lowest BCUT2D eigenvalue weighted by atomic mass is 10.1. The first-order valence-electron chi connectivity index (χ1n) is 8.07. The van der Waals surface area contributed by atoms with Gasteiger partial charge >= 0.3 is 6.09 Å². The average molecular weight is 378 g/mol. The topological polar surface area (TPSA) is 104 Å². The normalized spacial score (nSPS) is 10.9. The van der Waals surface area contributed by atoms with Gasteiger partial charge in [-0.25, -0.2) is 9.78 Å². The number of hydrogen-bond acceptors (Lipinski definition) is 5. The van der Waals surface area contributed by atoms with Crippen LogP contribution in [0.4, 0.5) is 15.6 Å². The molecule has 2 aromatic heterocycles. The third kappa shape index (κ3) is 3.30. The molecule has 27 heavy (non-hydrogen) atoms. The van der Waals surface area contributed by atoms with Gasteiger partial charge in [0.2, 0.25) is 0 Å². The molecule has 7 nitrogen and oxygen atoms in total. The van der Waals surface area contributed by atoms with E-state index in [0.717, 1.165) is 26.9 Å². The summed E-state index contributed by atoms with van der Waals surface area (Å²) < 4.78 is 0.725. The average Bonchev–Trinajstić information content (AvgIpc) is 3.04. The van der Waals surface area contributed by atoms with Crippen molar-refractivity contribution in [1.82, 2.24) is 9.97 Å².